The van der Waals surface area contributed by atoms with E-state index in [1.54, 1.807) is 18.2 Å². The topological polar surface area (TPSA) is 46.2 Å². The minimum Gasteiger partial charge on any atom is -0.284 e. The van der Waals surface area contributed by atoms with Crippen LogP contribution < -0.4 is 4.72 Å². The van der Waals surface area contributed by atoms with Gasteiger partial charge in [0.25, 0.3) is 0 Å². The fourth-order valence-corrected chi connectivity index (χ4v) is 2.04. The first kappa shape index (κ1) is 12.1. The standard InChI is InChI=1S/C10H12ClNO2S/c1-7(2)9-5-4-8(6-10(9)11)12-15(3,13)14/h4-6,12H,1H2,2-3H3. The molecule has 0 spiro atoms. The molecule has 82 valence electrons. The molecule has 0 aromatic heterocycles. The van der Waals surface area contributed by atoms with Crippen LogP contribution in [0.2, 0.25) is 5.02 Å². The zero-order valence-electron chi connectivity index (χ0n) is 8.54. The fraction of sp³-hybridized carbons (Fsp3) is 0.200. The molecule has 1 aromatic rings. The van der Waals surface area contributed by atoms with Crippen molar-refractivity contribution in [2.24, 2.45) is 0 Å². The van der Waals surface area contributed by atoms with Crippen LogP contribution in [0.25, 0.3) is 5.57 Å². The Labute approximate surface area is 94.8 Å². The van der Waals surface area contributed by atoms with Gasteiger partial charge in [0.1, 0.15) is 0 Å². The molecule has 0 heterocycles. The Morgan fingerprint density at radius 2 is 2.07 bits per heavy atom. The van der Waals surface area contributed by atoms with Crippen molar-refractivity contribution in [2.45, 2.75) is 6.92 Å². The lowest BCUT2D eigenvalue weighted by molar-refractivity contribution is 0.607. The summed E-state index contributed by atoms with van der Waals surface area (Å²) in [6, 6.07) is 4.95. The molecule has 3 nitrogen and oxygen atoms in total. The number of sulfonamides is 1. The molecule has 5 heteroatoms. The van der Waals surface area contributed by atoms with Crippen molar-refractivity contribution < 1.29 is 8.42 Å². The first-order chi connectivity index (χ1) is 6.79. The van der Waals surface area contributed by atoms with E-state index < -0.39 is 10.0 Å². The number of allylic oxidation sites excluding steroid dienone is 1. The van der Waals surface area contributed by atoms with Crippen molar-refractivity contribution in [1.82, 2.24) is 0 Å². The lowest BCUT2D eigenvalue weighted by Crippen LogP contribution is -2.09. The number of benzene rings is 1. The summed E-state index contributed by atoms with van der Waals surface area (Å²) in [5.74, 6) is 0. The zero-order valence-corrected chi connectivity index (χ0v) is 10.1. The Morgan fingerprint density at radius 3 is 2.47 bits per heavy atom. The molecule has 0 aliphatic carbocycles. The maximum Gasteiger partial charge on any atom is 0.229 e. The van der Waals surface area contributed by atoms with E-state index in [4.69, 9.17) is 11.6 Å². The number of rotatable bonds is 3. The third-order valence-electron chi connectivity index (χ3n) is 1.73. The molecule has 0 amide bonds. The third kappa shape index (κ3) is 3.57. The molecular weight excluding hydrogens is 234 g/mol. The quantitative estimate of drug-likeness (QED) is 0.890. The molecule has 1 N–H and O–H groups in total. The summed E-state index contributed by atoms with van der Waals surface area (Å²) in [6.45, 7) is 5.61. The van der Waals surface area contributed by atoms with E-state index in [2.05, 4.69) is 11.3 Å². The largest absolute Gasteiger partial charge is 0.284 e. The van der Waals surface area contributed by atoms with Crippen LogP contribution in [0.5, 0.6) is 0 Å². The summed E-state index contributed by atoms with van der Waals surface area (Å²) in [7, 11) is -3.26. The monoisotopic (exact) mass is 245 g/mol. The predicted molar refractivity (Wildman–Crippen MR) is 64.6 cm³/mol. The van der Waals surface area contributed by atoms with E-state index in [-0.39, 0.29) is 0 Å². The lowest BCUT2D eigenvalue weighted by Gasteiger charge is -2.07. The van der Waals surface area contributed by atoms with Crippen LogP contribution in [-0.4, -0.2) is 14.7 Å². The first-order valence-electron chi connectivity index (χ1n) is 4.23. The molecule has 1 aromatic carbocycles. The van der Waals surface area contributed by atoms with E-state index in [0.717, 1.165) is 17.4 Å². The van der Waals surface area contributed by atoms with Crippen LogP contribution in [0.3, 0.4) is 0 Å². The molecule has 0 aliphatic heterocycles. The average molecular weight is 246 g/mol. The lowest BCUT2D eigenvalue weighted by atomic mass is 10.1. The van der Waals surface area contributed by atoms with Gasteiger partial charge in [-0.15, -0.1) is 0 Å². The Hall–Kier alpha value is -1.00. The number of hydrogen-bond acceptors (Lipinski definition) is 2. The van der Waals surface area contributed by atoms with Crippen molar-refractivity contribution in [3.63, 3.8) is 0 Å². The highest BCUT2D eigenvalue weighted by molar-refractivity contribution is 7.92. The molecule has 0 unspecified atom stereocenters. The number of nitrogens with one attached hydrogen (secondary N) is 1. The molecule has 0 saturated heterocycles. The zero-order chi connectivity index (χ0) is 11.6. The van der Waals surface area contributed by atoms with Crippen LogP contribution >= 0.6 is 11.6 Å². The predicted octanol–water partition coefficient (Wildman–Crippen LogP) is 2.74. The summed E-state index contributed by atoms with van der Waals surface area (Å²) >= 11 is 5.96. The summed E-state index contributed by atoms with van der Waals surface area (Å²) in [5, 5.41) is 0.483. The second kappa shape index (κ2) is 4.24. The van der Waals surface area contributed by atoms with Gasteiger partial charge in [-0.3, -0.25) is 4.72 Å². The second-order valence-corrected chi connectivity index (χ2v) is 5.50. The smallest absolute Gasteiger partial charge is 0.229 e. The highest BCUT2D eigenvalue weighted by Gasteiger charge is 2.05. The van der Waals surface area contributed by atoms with Crippen molar-refractivity contribution >= 4 is 32.9 Å². The summed E-state index contributed by atoms with van der Waals surface area (Å²) in [6.07, 6.45) is 1.09. The number of anilines is 1. The summed E-state index contributed by atoms with van der Waals surface area (Å²) in [4.78, 5) is 0. The van der Waals surface area contributed by atoms with Gasteiger partial charge in [0, 0.05) is 5.69 Å². The Balaban J connectivity index is 3.07. The van der Waals surface area contributed by atoms with Gasteiger partial charge in [0.15, 0.2) is 0 Å². The molecule has 0 bridgehead atoms. The van der Waals surface area contributed by atoms with Crippen LogP contribution in [0.15, 0.2) is 24.8 Å². The van der Waals surface area contributed by atoms with Crippen LogP contribution in [0.1, 0.15) is 12.5 Å². The van der Waals surface area contributed by atoms with Gasteiger partial charge in [0.05, 0.1) is 11.3 Å². The highest BCUT2D eigenvalue weighted by Crippen LogP contribution is 2.26. The maximum absolute atomic E-state index is 11.0. The molecule has 0 aliphatic rings. The van der Waals surface area contributed by atoms with Crippen LogP contribution in [0.4, 0.5) is 5.69 Å². The maximum atomic E-state index is 11.0. The van der Waals surface area contributed by atoms with Crippen molar-refractivity contribution in [2.75, 3.05) is 11.0 Å². The first-order valence-corrected chi connectivity index (χ1v) is 6.50. The minimum absolute atomic E-state index is 0.451. The number of hydrogen-bond donors (Lipinski definition) is 1. The Kier molecular flexibility index (Phi) is 3.42. The fourth-order valence-electron chi connectivity index (χ4n) is 1.14. The van der Waals surface area contributed by atoms with Gasteiger partial charge in [-0.25, -0.2) is 8.42 Å². The summed E-state index contributed by atoms with van der Waals surface area (Å²) in [5.41, 5.74) is 2.11. The normalized spacial score (nSPS) is 11.1. The van der Waals surface area contributed by atoms with E-state index in [1.165, 1.54) is 0 Å². The Morgan fingerprint density at radius 1 is 1.47 bits per heavy atom. The van der Waals surface area contributed by atoms with Crippen molar-refractivity contribution in [3.8, 4) is 0 Å². The molecular formula is C10H12ClNO2S. The van der Waals surface area contributed by atoms with E-state index in [9.17, 15) is 8.42 Å². The Bertz CT molecular complexity index is 494. The average Bonchev–Trinajstić information content (AvgIpc) is 1.99. The second-order valence-electron chi connectivity index (χ2n) is 3.35. The number of halogens is 1. The highest BCUT2D eigenvalue weighted by atomic mass is 35.5. The molecule has 0 radical (unpaired) electrons. The molecule has 15 heavy (non-hydrogen) atoms. The van der Waals surface area contributed by atoms with Crippen LogP contribution in [0, 0.1) is 0 Å². The molecule has 0 fully saturated rings. The van der Waals surface area contributed by atoms with Crippen LogP contribution in [-0.2, 0) is 10.0 Å². The van der Waals surface area contributed by atoms with Gasteiger partial charge in [-0.1, -0.05) is 24.2 Å². The summed E-state index contributed by atoms with van der Waals surface area (Å²) < 4.78 is 24.3. The van der Waals surface area contributed by atoms with Gasteiger partial charge in [-0.05, 0) is 30.2 Å². The van der Waals surface area contributed by atoms with Gasteiger partial charge >= 0.3 is 0 Å². The van der Waals surface area contributed by atoms with E-state index >= 15 is 0 Å². The molecule has 1 rings (SSSR count). The van der Waals surface area contributed by atoms with Crippen molar-refractivity contribution in [1.29, 1.82) is 0 Å². The van der Waals surface area contributed by atoms with Gasteiger partial charge < -0.3 is 0 Å². The molecule has 0 atom stereocenters. The van der Waals surface area contributed by atoms with E-state index in [0.29, 0.717) is 10.7 Å². The minimum atomic E-state index is -3.26. The van der Waals surface area contributed by atoms with Crippen molar-refractivity contribution in [3.05, 3.63) is 35.4 Å². The van der Waals surface area contributed by atoms with E-state index in [1.807, 2.05) is 6.92 Å². The van der Waals surface area contributed by atoms with Gasteiger partial charge in [-0.2, -0.15) is 0 Å². The molecule has 0 saturated carbocycles. The third-order valence-corrected chi connectivity index (χ3v) is 2.65. The van der Waals surface area contributed by atoms with Gasteiger partial charge in [0.2, 0.25) is 10.0 Å². The SMILES string of the molecule is C=C(C)c1ccc(NS(C)(=O)=O)cc1Cl.